The quantitative estimate of drug-likeness (QED) is 0.520. The van der Waals surface area contributed by atoms with E-state index in [4.69, 9.17) is 5.26 Å². The lowest BCUT2D eigenvalue weighted by Gasteiger charge is -2.00. The fraction of sp³-hybridized carbons (Fsp3) is 0.0769. The molecule has 0 aliphatic heterocycles. The van der Waals surface area contributed by atoms with Crippen LogP contribution in [-0.4, -0.2) is 0 Å². The largest absolute Gasteiger partial charge is 0.193 e. The van der Waals surface area contributed by atoms with Crippen LogP contribution in [0.4, 0.5) is 0 Å². The minimum Gasteiger partial charge on any atom is -0.193 e. The maximum absolute atomic E-state index is 8.40. The van der Waals surface area contributed by atoms with Gasteiger partial charge in [0.25, 0.3) is 0 Å². The Labute approximate surface area is 85.0 Å². The van der Waals surface area contributed by atoms with Gasteiger partial charge in [0.15, 0.2) is 0 Å². The fourth-order valence-electron chi connectivity index (χ4n) is 1.10. The van der Waals surface area contributed by atoms with Crippen molar-refractivity contribution in [1.82, 2.24) is 0 Å². The average molecular weight is 182 g/mol. The van der Waals surface area contributed by atoms with Crippen molar-refractivity contribution in [2.75, 3.05) is 0 Å². The molecule has 0 spiro atoms. The number of nitrogens with zero attached hydrogens (tertiary/aromatic N) is 1. The average Bonchev–Trinajstić information content (AvgIpc) is 2.25. The van der Waals surface area contributed by atoms with E-state index in [1.165, 1.54) is 6.08 Å². The van der Waals surface area contributed by atoms with Crippen molar-refractivity contribution < 1.29 is 0 Å². The summed E-state index contributed by atoms with van der Waals surface area (Å²) >= 11 is 0. The topological polar surface area (TPSA) is 23.8 Å². The molecule has 0 saturated heterocycles. The molecule has 1 radical (unpaired) electrons. The number of rotatable bonds is 3. The number of allylic oxidation sites excluding steroid dienone is 4. The lowest BCUT2D eigenvalue weighted by molar-refractivity contribution is 1.43. The van der Waals surface area contributed by atoms with Crippen LogP contribution in [0.15, 0.2) is 54.1 Å². The van der Waals surface area contributed by atoms with Gasteiger partial charge in [-0.2, -0.15) is 5.26 Å². The first-order valence-electron chi connectivity index (χ1n) is 4.49. The van der Waals surface area contributed by atoms with Gasteiger partial charge < -0.3 is 0 Å². The molecule has 14 heavy (non-hydrogen) atoms. The predicted octanol–water partition coefficient (Wildman–Crippen LogP) is 3.27. The molecule has 0 heterocycles. The molecule has 0 aliphatic rings. The van der Waals surface area contributed by atoms with E-state index in [-0.39, 0.29) is 0 Å². The van der Waals surface area contributed by atoms with E-state index >= 15 is 0 Å². The van der Waals surface area contributed by atoms with Crippen LogP contribution in [0.3, 0.4) is 0 Å². The Kier molecular flexibility index (Phi) is 4.23. The smallest absolute Gasteiger partial charge is 0.0912 e. The minimum atomic E-state index is 1.04. The normalized spacial score (nSPS) is 11.6. The monoisotopic (exact) mass is 182 g/mol. The molecule has 0 saturated carbocycles. The zero-order chi connectivity index (χ0) is 10.2. The van der Waals surface area contributed by atoms with Gasteiger partial charge in [-0.05, 0) is 24.1 Å². The van der Waals surface area contributed by atoms with E-state index in [0.29, 0.717) is 0 Å². The second kappa shape index (κ2) is 5.77. The van der Waals surface area contributed by atoms with Gasteiger partial charge in [-0.1, -0.05) is 36.4 Å². The van der Waals surface area contributed by atoms with Crippen molar-refractivity contribution in [3.05, 3.63) is 66.1 Å². The van der Waals surface area contributed by atoms with Crippen LogP contribution in [-0.2, 0) is 0 Å². The van der Waals surface area contributed by atoms with Crippen LogP contribution < -0.4 is 0 Å². The Morgan fingerprint density at radius 2 is 2.00 bits per heavy atom. The summed E-state index contributed by atoms with van der Waals surface area (Å²) in [6.07, 6.45) is 7.29. The van der Waals surface area contributed by atoms with E-state index in [1.807, 2.05) is 55.8 Å². The molecule has 0 N–H and O–H groups in total. The summed E-state index contributed by atoms with van der Waals surface area (Å²) < 4.78 is 0. The van der Waals surface area contributed by atoms with Gasteiger partial charge in [0.2, 0.25) is 0 Å². The zero-order valence-corrected chi connectivity index (χ0v) is 8.14. The maximum Gasteiger partial charge on any atom is 0.0912 e. The molecular formula is C13H12N. The Balaban J connectivity index is 2.69. The molecule has 0 aromatic heterocycles. The summed E-state index contributed by atoms with van der Waals surface area (Å²) in [5, 5.41) is 8.40. The van der Waals surface area contributed by atoms with Crippen LogP contribution in [0.2, 0.25) is 0 Å². The molecule has 69 valence electrons. The summed E-state index contributed by atoms with van der Waals surface area (Å²) in [7, 11) is 0. The molecule has 0 unspecified atom stereocenters. The Bertz CT molecular complexity index is 366. The fourth-order valence-corrected chi connectivity index (χ4v) is 1.10. The van der Waals surface area contributed by atoms with E-state index in [1.54, 1.807) is 6.08 Å². The van der Waals surface area contributed by atoms with Crippen LogP contribution in [0.5, 0.6) is 0 Å². The van der Waals surface area contributed by atoms with Gasteiger partial charge in [0, 0.05) is 12.5 Å². The van der Waals surface area contributed by atoms with Crippen molar-refractivity contribution >= 4 is 0 Å². The predicted molar refractivity (Wildman–Crippen MR) is 58.4 cm³/mol. The second-order valence-electron chi connectivity index (χ2n) is 2.81. The van der Waals surface area contributed by atoms with Crippen molar-refractivity contribution in [2.24, 2.45) is 0 Å². The van der Waals surface area contributed by atoms with Gasteiger partial charge in [-0.15, -0.1) is 0 Å². The van der Waals surface area contributed by atoms with E-state index in [9.17, 15) is 0 Å². The first-order chi connectivity index (χ1) is 6.86. The minimum absolute atomic E-state index is 1.04. The molecule has 0 aliphatic carbocycles. The first kappa shape index (κ1) is 10.3. The molecular weight excluding hydrogens is 170 g/mol. The Morgan fingerprint density at radius 3 is 2.57 bits per heavy atom. The van der Waals surface area contributed by atoms with Crippen LogP contribution in [0.25, 0.3) is 0 Å². The number of nitriles is 1. The summed E-state index contributed by atoms with van der Waals surface area (Å²) in [5.74, 6) is 0. The number of hydrogen-bond acceptors (Lipinski definition) is 1. The molecule has 0 atom stereocenters. The Morgan fingerprint density at radius 1 is 1.29 bits per heavy atom. The molecule has 0 fully saturated rings. The summed E-state index contributed by atoms with van der Waals surface area (Å²) in [4.78, 5) is 0. The number of hydrogen-bond donors (Lipinski definition) is 0. The molecule has 1 nitrogen and oxygen atoms in total. The van der Waals surface area contributed by atoms with E-state index < -0.39 is 0 Å². The van der Waals surface area contributed by atoms with Crippen molar-refractivity contribution in [2.45, 2.75) is 6.92 Å². The highest BCUT2D eigenvalue weighted by Crippen LogP contribution is 2.11. The van der Waals surface area contributed by atoms with Gasteiger partial charge in [-0.25, -0.2) is 0 Å². The zero-order valence-electron chi connectivity index (χ0n) is 8.14. The van der Waals surface area contributed by atoms with E-state index in [0.717, 1.165) is 11.1 Å². The highest BCUT2D eigenvalue weighted by Gasteiger charge is 1.94. The summed E-state index contributed by atoms with van der Waals surface area (Å²) in [5.41, 5.74) is 2.18. The second-order valence-corrected chi connectivity index (χ2v) is 2.81. The third-order valence-electron chi connectivity index (χ3n) is 1.82. The molecule has 1 heteroatoms. The van der Waals surface area contributed by atoms with Crippen molar-refractivity contribution in [3.8, 4) is 6.07 Å². The lowest BCUT2D eigenvalue weighted by atomic mass is 10.0. The summed E-state index contributed by atoms with van der Waals surface area (Å²) in [6.45, 7) is 1.95. The SMILES string of the molecule is CC=C([CH]c1ccccc1)C=CC#N. The van der Waals surface area contributed by atoms with Crippen LogP contribution in [0, 0.1) is 17.8 Å². The summed E-state index contributed by atoms with van der Waals surface area (Å²) in [6, 6.07) is 12.0. The highest BCUT2D eigenvalue weighted by atomic mass is 14.2. The molecule has 0 amide bonds. The van der Waals surface area contributed by atoms with Crippen LogP contribution in [0.1, 0.15) is 12.5 Å². The maximum atomic E-state index is 8.40. The molecule has 0 bridgehead atoms. The number of benzene rings is 1. The third-order valence-corrected chi connectivity index (χ3v) is 1.82. The lowest BCUT2D eigenvalue weighted by Crippen LogP contribution is -1.83. The van der Waals surface area contributed by atoms with Crippen molar-refractivity contribution in [3.63, 3.8) is 0 Å². The molecule has 1 aromatic carbocycles. The highest BCUT2D eigenvalue weighted by molar-refractivity contribution is 5.40. The van der Waals surface area contributed by atoms with Gasteiger partial charge in [0.1, 0.15) is 0 Å². The van der Waals surface area contributed by atoms with Crippen molar-refractivity contribution in [1.29, 1.82) is 5.26 Å². The molecule has 1 aromatic rings. The van der Waals surface area contributed by atoms with Gasteiger partial charge >= 0.3 is 0 Å². The Hall–Kier alpha value is -1.81. The standard InChI is InChI=1S/C13H12N/c1-2-12(9-6-10-14)11-13-7-4-3-5-8-13/h2-9,11H,1H3. The first-order valence-corrected chi connectivity index (χ1v) is 4.49. The van der Waals surface area contributed by atoms with Gasteiger partial charge in [0.05, 0.1) is 6.07 Å². The molecule has 1 rings (SSSR count). The van der Waals surface area contributed by atoms with E-state index in [2.05, 4.69) is 0 Å². The van der Waals surface area contributed by atoms with Gasteiger partial charge in [-0.3, -0.25) is 0 Å². The third kappa shape index (κ3) is 3.28. The van der Waals surface area contributed by atoms with Crippen LogP contribution >= 0.6 is 0 Å².